The fourth-order valence-corrected chi connectivity index (χ4v) is 4.16. The number of phenolic OH excluding ortho intramolecular Hbond substituents is 1. The van der Waals surface area contributed by atoms with Gasteiger partial charge in [-0.3, -0.25) is 14.4 Å². The molecule has 5 N–H and O–H groups in total. The number of alkyl carbamates (subject to hydrolysis) is 1. The van der Waals surface area contributed by atoms with Gasteiger partial charge in [-0.25, -0.2) is 4.79 Å². The normalized spacial score (nSPS) is 13.7. The first-order valence-corrected chi connectivity index (χ1v) is 13.8. The largest absolute Gasteiger partial charge is 0.508 e. The van der Waals surface area contributed by atoms with Gasteiger partial charge in [0.15, 0.2) is 0 Å². The van der Waals surface area contributed by atoms with E-state index in [1.165, 1.54) is 17.0 Å². The topological polar surface area (TPSA) is 151 Å². The van der Waals surface area contributed by atoms with Crippen LogP contribution in [0.2, 0.25) is 0 Å². The van der Waals surface area contributed by atoms with Gasteiger partial charge in [-0.05, 0) is 70.6 Å². The van der Waals surface area contributed by atoms with Crippen LogP contribution in [-0.4, -0.2) is 58.1 Å². The summed E-state index contributed by atoms with van der Waals surface area (Å²) >= 11 is 0. The molecule has 0 aliphatic rings. The van der Waals surface area contributed by atoms with Crippen LogP contribution in [0.1, 0.15) is 98.6 Å². The molecule has 39 heavy (non-hydrogen) atoms. The number of aromatic hydroxyl groups is 1. The number of phenols is 1. The number of hydrogen-bond acceptors (Lipinski definition) is 6. The minimum atomic E-state index is -1.36. The molecule has 0 aliphatic carbocycles. The van der Waals surface area contributed by atoms with E-state index in [2.05, 4.69) is 31.4 Å². The van der Waals surface area contributed by atoms with E-state index in [4.69, 9.17) is 10.5 Å². The minimum absolute atomic E-state index is 0.0564. The molecule has 0 aromatic heterocycles. The van der Waals surface area contributed by atoms with E-state index in [-0.39, 0.29) is 5.75 Å². The number of carbonyl (C=O) groups is 4. The molecule has 220 valence electrons. The molecule has 0 saturated heterocycles. The van der Waals surface area contributed by atoms with Crippen molar-refractivity contribution in [1.82, 2.24) is 15.5 Å². The summed E-state index contributed by atoms with van der Waals surface area (Å²) in [5.41, 5.74) is 5.02. The maximum Gasteiger partial charge on any atom is 0.408 e. The van der Waals surface area contributed by atoms with Crippen molar-refractivity contribution in [2.45, 2.75) is 111 Å². The number of rotatable bonds is 15. The van der Waals surface area contributed by atoms with Gasteiger partial charge in [0.25, 0.3) is 0 Å². The Balaban J connectivity index is 3.57. The van der Waals surface area contributed by atoms with Gasteiger partial charge in [-0.15, -0.1) is 0 Å². The summed E-state index contributed by atoms with van der Waals surface area (Å²) in [5.74, 6) is -1.58. The fourth-order valence-electron chi connectivity index (χ4n) is 4.16. The van der Waals surface area contributed by atoms with Crippen molar-refractivity contribution in [2.24, 2.45) is 11.7 Å². The Labute approximate surface area is 233 Å². The molecule has 10 heteroatoms. The maximum absolute atomic E-state index is 14.2. The van der Waals surface area contributed by atoms with Crippen LogP contribution in [0, 0.1) is 5.92 Å². The Kier molecular flexibility index (Phi) is 13.8. The third kappa shape index (κ3) is 12.4. The summed E-state index contributed by atoms with van der Waals surface area (Å²) in [6.07, 6.45) is 2.67. The Hall–Kier alpha value is -3.30. The monoisotopic (exact) mass is 548 g/mol. The van der Waals surface area contributed by atoms with Crippen molar-refractivity contribution in [3.05, 3.63) is 29.8 Å². The number of carbonyl (C=O) groups excluding carboxylic acids is 4. The summed E-state index contributed by atoms with van der Waals surface area (Å²) in [6, 6.07) is 3.25. The number of unbranched alkanes of at least 4 members (excludes halogenated alkanes) is 2. The first-order chi connectivity index (χ1) is 18.2. The van der Waals surface area contributed by atoms with Crippen molar-refractivity contribution >= 4 is 23.8 Å². The molecule has 0 fully saturated rings. The van der Waals surface area contributed by atoms with Crippen molar-refractivity contribution in [1.29, 1.82) is 0 Å². The minimum Gasteiger partial charge on any atom is -0.508 e. The molecule has 1 aromatic rings. The maximum atomic E-state index is 14.2. The first-order valence-electron chi connectivity index (χ1n) is 13.8. The highest BCUT2D eigenvalue weighted by atomic mass is 16.6. The van der Waals surface area contributed by atoms with Gasteiger partial charge in [0.2, 0.25) is 17.7 Å². The van der Waals surface area contributed by atoms with Gasteiger partial charge >= 0.3 is 6.09 Å². The van der Waals surface area contributed by atoms with E-state index in [0.717, 1.165) is 25.7 Å². The molecule has 0 saturated carbocycles. The molecule has 1 rings (SSSR count). The first kappa shape index (κ1) is 33.7. The predicted molar refractivity (Wildman–Crippen MR) is 151 cm³/mol. The van der Waals surface area contributed by atoms with Crippen molar-refractivity contribution in [3.8, 4) is 5.75 Å². The van der Waals surface area contributed by atoms with E-state index < -0.39 is 54.0 Å². The molecule has 3 unspecified atom stereocenters. The zero-order valence-corrected chi connectivity index (χ0v) is 24.6. The van der Waals surface area contributed by atoms with E-state index in [1.54, 1.807) is 32.9 Å². The van der Waals surface area contributed by atoms with E-state index >= 15 is 0 Å². The lowest BCUT2D eigenvalue weighted by Gasteiger charge is -2.38. The molecular weight excluding hydrogens is 500 g/mol. The van der Waals surface area contributed by atoms with Gasteiger partial charge in [-0.2, -0.15) is 0 Å². The number of nitrogens with one attached hydrogen (secondary N) is 2. The number of hydrogen-bond donors (Lipinski definition) is 4. The van der Waals surface area contributed by atoms with E-state index in [1.807, 2.05) is 6.92 Å². The van der Waals surface area contributed by atoms with Crippen molar-refractivity contribution in [2.75, 3.05) is 6.54 Å². The predicted octanol–water partition coefficient (Wildman–Crippen LogP) is 4.16. The fraction of sp³-hybridized carbons (Fsp3) is 0.655. The highest BCUT2D eigenvalue weighted by molar-refractivity contribution is 5.94. The van der Waals surface area contributed by atoms with Crippen molar-refractivity contribution in [3.63, 3.8) is 0 Å². The number of amides is 4. The van der Waals surface area contributed by atoms with Crippen molar-refractivity contribution < 1.29 is 29.0 Å². The quantitative estimate of drug-likeness (QED) is 0.242. The highest BCUT2D eigenvalue weighted by Crippen LogP contribution is 2.29. The molecule has 0 radical (unpaired) electrons. The average molecular weight is 549 g/mol. The highest BCUT2D eigenvalue weighted by Gasteiger charge is 2.39. The summed E-state index contributed by atoms with van der Waals surface area (Å²) in [6.45, 7) is 13.5. The Morgan fingerprint density at radius 3 is 2.28 bits per heavy atom. The number of ether oxygens (including phenoxy) is 1. The zero-order valence-electron chi connectivity index (χ0n) is 24.6. The number of benzene rings is 1. The van der Waals surface area contributed by atoms with Gasteiger partial charge in [0, 0.05) is 12.6 Å². The molecule has 1 aromatic carbocycles. The summed E-state index contributed by atoms with van der Waals surface area (Å²) in [7, 11) is 0. The number of nitrogens with zero attached hydrogens (tertiary/aromatic N) is 1. The second-order valence-corrected chi connectivity index (χ2v) is 11.4. The molecule has 3 atom stereocenters. The summed E-state index contributed by atoms with van der Waals surface area (Å²) in [4.78, 5) is 53.8. The summed E-state index contributed by atoms with van der Waals surface area (Å²) in [5, 5.41) is 15.6. The van der Waals surface area contributed by atoms with Crippen LogP contribution < -0.4 is 16.4 Å². The SMILES string of the molecule is CCCCCNC(=O)C(c1cccc(O)c1)N(C(=O)C(CC(N)=O)NC(=O)OC(C)(C)C)C(C)CCC(C)C. The molecule has 0 bridgehead atoms. The Morgan fingerprint density at radius 2 is 1.74 bits per heavy atom. The molecule has 0 heterocycles. The van der Waals surface area contributed by atoms with E-state index in [0.29, 0.717) is 24.4 Å². The van der Waals surface area contributed by atoms with Gasteiger partial charge < -0.3 is 31.1 Å². The lowest BCUT2D eigenvalue weighted by Crippen LogP contribution is -2.56. The summed E-state index contributed by atoms with van der Waals surface area (Å²) < 4.78 is 5.32. The van der Waals surface area contributed by atoms with E-state index in [9.17, 15) is 24.3 Å². The van der Waals surface area contributed by atoms with Crippen LogP contribution in [0.4, 0.5) is 4.79 Å². The molecule has 0 aliphatic heterocycles. The second-order valence-electron chi connectivity index (χ2n) is 11.4. The molecular formula is C29H48N4O6. The smallest absolute Gasteiger partial charge is 0.408 e. The molecule has 10 nitrogen and oxygen atoms in total. The zero-order chi connectivity index (χ0) is 29.8. The Morgan fingerprint density at radius 1 is 1.08 bits per heavy atom. The van der Waals surface area contributed by atoms with Gasteiger partial charge in [-0.1, -0.05) is 45.7 Å². The lowest BCUT2D eigenvalue weighted by molar-refractivity contribution is -0.146. The average Bonchev–Trinajstić information content (AvgIpc) is 2.81. The van der Waals surface area contributed by atoms with Crippen LogP contribution in [0.15, 0.2) is 24.3 Å². The van der Waals surface area contributed by atoms with Crippen LogP contribution in [0.25, 0.3) is 0 Å². The van der Waals surface area contributed by atoms with Crippen LogP contribution in [-0.2, 0) is 19.1 Å². The second kappa shape index (κ2) is 16.0. The lowest BCUT2D eigenvalue weighted by atomic mass is 9.96. The number of nitrogens with two attached hydrogens (primary N) is 1. The van der Waals surface area contributed by atoms with Crippen LogP contribution in [0.5, 0.6) is 5.75 Å². The van der Waals surface area contributed by atoms with Crippen LogP contribution in [0.3, 0.4) is 0 Å². The number of primary amides is 1. The van der Waals surface area contributed by atoms with Crippen LogP contribution >= 0.6 is 0 Å². The van der Waals surface area contributed by atoms with Gasteiger partial charge in [0.1, 0.15) is 23.4 Å². The van der Waals surface area contributed by atoms with Gasteiger partial charge in [0.05, 0.1) is 6.42 Å². The third-order valence-electron chi connectivity index (χ3n) is 6.08. The Bertz CT molecular complexity index is 959. The standard InChI is InChI=1S/C29H48N4O6/c1-8-9-10-16-31-26(36)25(21-12-11-13-22(34)17-21)33(20(4)15-14-19(2)3)27(37)23(18-24(30)35)32-28(38)39-29(5,6)7/h11-13,17,19-20,23,25,34H,8-10,14-16,18H2,1-7H3,(H2,30,35)(H,31,36)(H,32,38). The molecule has 4 amide bonds. The third-order valence-corrected chi connectivity index (χ3v) is 6.08. The molecule has 0 spiro atoms.